The Bertz CT molecular complexity index is 139. The number of hydrogen-bond donors (Lipinski definition) is 2. The molecule has 1 aliphatic heterocycles. The van der Waals surface area contributed by atoms with E-state index in [0.717, 1.165) is 25.4 Å². The molecule has 2 N–H and O–H groups in total. The number of aliphatic hydroxyl groups is 1. The third kappa shape index (κ3) is 3.28. The van der Waals surface area contributed by atoms with E-state index in [1.165, 1.54) is 19.3 Å². The summed E-state index contributed by atoms with van der Waals surface area (Å²) in [6.45, 7) is 6.99. The molecule has 0 saturated carbocycles. The van der Waals surface area contributed by atoms with Crippen LogP contribution >= 0.6 is 0 Å². The van der Waals surface area contributed by atoms with E-state index in [-0.39, 0.29) is 5.41 Å². The molecule has 1 fully saturated rings. The SMILES string of the molecule is CC(C)CCCC1(CO)CCNC1. The molecule has 0 aromatic carbocycles. The summed E-state index contributed by atoms with van der Waals surface area (Å²) in [5.74, 6) is 0.796. The largest absolute Gasteiger partial charge is 0.396 e. The Labute approximate surface area is 81.7 Å². The summed E-state index contributed by atoms with van der Waals surface area (Å²) in [4.78, 5) is 0. The molecule has 0 aromatic heterocycles. The van der Waals surface area contributed by atoms with Gasteiger partial charge in [-0.05, 0) is 25.3 Å². The molecule has 0 spiro atoms. The summed E-state index contributed by atoms with van der Waals surface area (Å²) in [7, 11) is 0. The van der Waals surface area contributed by atoms with Gasteiger partial charge < -0.3 is 10.4 Å². The van der Waals surface area contributed by atoms with Crippen LogP contribution in [0.25, 0.3) is 0 Å². The number of rotatable bonds is 5. The maximum Gasteiger partial charge on any atom is 0.0500 e. The molecular formula is C11H23NO. The van der Waals surface area contributed by atoms with Gasteiger partial charge in [0.1, 0.15) is 0 Å². The van der Waals surface area contributed by atoms with Crippen LogP contribution < -0.4 is 5.32 Å². The lowest BCUT2D eigenvalue weighted by Gasteiger charge is -2.25. The fraction of sp³-hybridized carbons (Fsp3) is 1.00. The van der Waals surface area contributed by atoms with Crippen LogP contribution in [-0.2, 0) is 0 Å². The van der Waals surface area contributed by atoms with Gasteiger partial charge >= 0.3 is 0 Å². The maximum absolute atomic E-state index is 9.34. The fourth-order valence-electron chi connectivity index (χ4n) is 2.11. The molecule has 2 nitrogen and oxygen atoms in total. The van der Waals surface area contributed by atoms with E-state index >= 15 is 0 Å². The second-order valence-electron chi connectivity index (χ2n) is 4.87. The average Bonchev–Trinajstić information content (AvgIpc) is 2.53. The van der Waals surface area contributed by atoms with Crippen LogP contribution in [0.15, 0.2) is 0 Å². The number of hydrogen-bond acceptors (Lipinski definition) is 2. The highest BCUT2D eigenvalue weighted by Crippen LogP contribution is 2.31. The van der Waals surface area contributed by atoms with Gasteiger partial charge in [-0.25, -0.2) is 0 Å². The Morgan fingerprint density at radius 3 is 2.69 bits per heavy atom. The first-order valence-electron chi connectivity index (χ1n) is 5.50. The molecule has 0 aliphatic carbocycles. The van der Waals surface area contributed by atoms with Gasteiger partial charge in [-0.3, -0.25) is 0 Å². The van der Waals surface area contributed by atoms with Crippen LogP contribution in [0.2, 0.25) is 0 Å². The van der Waals surface area contributed by atoms with E-state index in [2.05, 4.69) is 19.2 Å². The van der Waals surface area contributed by atoms with Gasteiger partial charge in [-0.15, -0.1) is 0 Å². The first-order chi connectivity index (χ1) is 6.18. The van der Waals surface area contributed by atoms with E-state index < -0.39 is 0 Å². The molecule has 1 atom stereocenters. The van der Waals surface area contributed by atoms with Crippen LogP contribution in [0.5, 0.6) is 0 Å². The molecule has 0 radical (unpaired) electrons. The highest BCUT2D eigenvalue weighted by Gasteiger charge is 2.32. The zero-order chi connectivity index (χ0) is 9.73. The number of aliphatic hydroxyl groups excluding tert-OH is 1. The third-order valence-corrected chi connectivity index (χ3v) is 3.16. The van der Waals surface area contributed by atoms with Gasteiger partial charge in [0.25, 0.3) is 0 Å². The molecule has 0 bridgehead atoms. The van der Waals surface area contributed by atoms with E-state index in [4.69, 9.17) is 0 Å². The smallest absolute Gasteiger partial charge is 0.0500 e. The van der Waals surface area contributed by atoms with Crippen molar-refractivity contribution < 1.29 is 5.11 Å². The summed E-state index contributed by atoms with van der Waals surface area (Å²) in [5, 5.41) is 12.7. The maximum atomic E-state index is 9.34. The zero-order valence-corrected chi connectivity index (χ0v) is 8.97. The minimum atomic E-state index is 0.217. The Morgan fingerprint density at radius 1 is 1.46 bits per heavy atom. The van der Waals surface area contributed by atoms with Crippen molar-refractivity contribution >= 4 is 0 Å². The lowest BCUT2D eigenvalue weighted by Crippen LogP contribution is -2.28. The molecular weight excluding hydrogens is 162 g/mol. The molecule has 0 aromatic rings. The summed E-state index contributed by atoms with van der Waals surface area (Å²) in [6.07, 6.45) is 4.90. The Hall–Kier alpha value is -0.0800. The van der Waals surface area contributed by atoms with Gasteiger partial charge in [0.2, 0.25) is 0 Å². The van der Waals surface area contributed by atoms with Gasteiger partial charge in [0.15, 0.2) is 0 Å². The minimum absolute atomic E-state index is 0.217. The highest BCUT2D eigenvalue weighted by molar-refractivity contribution is 4.87. The first-order valence-corrected chi connectivity index (χ1v) is 5.50. The zero-order valence-electron chi connectivity index (χ0n) is 8.97. The van der Waals surface area contributed by atoms with Crippen LogP contribution in [0.4, 0.5) is 0 Å². The van der Waals surface area contributed by atoms with Crippen molar-refractivity contribution in [2.24, 2.45) is 11.3 Å². The Morgan fingerprint density at radius 2 is 2.23 bits per heavy atom. The van der Waals surface area contributed by atoms with E-state index in [0.29, 0.717) is 6.61 Å². The van der Waals surface area contributed by atoms with Crippen molar-refractivity contribution in [2.75, 3.05) is 19.7 Å². The van der Waals surface area contributed by atoms with Crippen molar-refractivity contribution in [2.45, 2.75) is 39.5 Å². The first kappa shape index (κ1) is 11.0. The minimum Gasteiger partial charge on any atom is -0.396 e. The summed E-state index contributed by atoms with van der Waals surface area (Å²) in [6, 6.07) is 0. The van der Waals surface area contributed by atoms with Crippen molar-refractivity contribution in [1.29, 1.82) is 0 Å². The molecule has 2 heteroatoms. The lowest BCUT2D eigenvalue weighted by atomic mass is 9.82. The van der Waals surface area contributed by atoms with Crippen molar-refractivity contribution in [1.82, 2.24) is 5.32 Å². The molecule has 1 heterocycles. The topological polar surface area (TPSA) is 32.3 Å². The van der Waals surface area contributed by atoms with Gasteiger partial charge in [-0.2, -0.15) is 0 Å². The van der Waals surface area contributed by atoms with Crippen molar-refractivity contribution in [3.63, 3.8) is 0 Å². The van der Waals surface area contributed by atoms with Crippen molar-refractivity contribution in [3.8, 4) is 0 Å². The third-order valence-electron chi connectivity index (χ3n) is 3.16. The van der Waals surface area contributed by atoms with Gasteiger partial charge in [0, 0.05) is 18.6 Å². The molecule has 1 unspecified atom stereocenters. The van der Waals surface area contributed by atoms with Crippen LogP contribution in [0.1, 0.15) is 39.5 Å². The predicted molar refractivity (Wildman–Crippen MR) is 55.7 cm³/mol. The Balaban J connectivity index is 2.23. The van der Waals surface area contributed by atoms with E-state index in [1.54, 1.807) is 0 Å². The number of nitrogens with one attached hydrogen (secondary N) is 1. The monoisotopic (exact) mass is 185 g/mol. The van der Waals surface area contributed by atoms with Crippen LogP contribution in [0, 0.1) is 11.3 Å². The van der Waals surface area contributed by atoms with Crippen molar-refractivity contribution in [3.05, 3.63) is 0 Å². The van der Waals surface area contributed by atoms with Crippen LogP contribution in [0.3, 0.4) is 0 Å². The highest BCUT2D eigenvalue weighted by atomic mass is 16.3. The van der Waals surface area contributed by atoms with Gasteiger partial charge in [-0.1, -0.05) is 26.7 Å². The van der Waals surface area contributed by atoms with Crippen LogP contribution in [-0.4, -0.2) is 24.8 Å². The molecule has 1 rings (SSSR count). The summed E-state index contributed by atoms with van der Waals surface area (Å²) in [5.41, 5.74) is 0.217. The standard InChI is InChI=1S/C11H23NO/c1-10(2)4-3-5-11(9-13)6-7-12-8-11/h10,12-13H,3-9H2,1-2H3. The average molecular weight is 185 g/mol. The second kappa shape index (κ2) is 4.97. The lowest BCUT2D eigenvalue weighted by molar-refractivity contribution is 0.129. The Kier molecular flexibility index (Phi) is 4.20. The molecule has 78 valence electrons. The molecule has 0 amide bonds. The second-order valence-corrected chi connectivity index (χ2v) is 4.87. The summed E-state index contributed by atoms with van der Waals surface area (Å²) < 4.78 is 0. The molecule has 13 heavy (non-hydrogen) atoms. The van der Waals surface area contributed by atoms with E-state index in [1.807, 2.05) is 0 Å². The molecule has 1 aliphatic rings. The summed E-state index contributed by atoms with van der Waals surface area (Å²) >= 11 is 0. The molecule has 1 saturated heterocycles. The normalized spacial score (nSPS) is 28.6. The fourth-order valence-corrected chi connectivity index (χ4v) is 2.11. The van der Waals surface area contributed by atoms with E-state index in [9.17, 15) is 5.11 Å². The predicted octanol–water partition coefficient (Wildman–Crippen LogP) is 1.78. The van der Waals surface area contributed by atoms with Gasteiger partial charge in [0.05, 0.1) is 0 Å². The quantitative estimate of drug-likeness (QED) is 0.684.